The highest BCUT2D eigenvalue weighted by molar-refractivity contribution is 5.73. The maximum atomic E-state index is 10.8. The van der Waals surface area contributed by atoms with Gasteiger partial charge in [0.1, 0.15) is 11.5 Å². The van der Waals surface area contributed by atoms with Crippen LogP contribution in [0.5, 0.6) is 17.4 Å². The van der Waals surface area contributed by atoms with Crippen LogP contribution in [0.3, 0.4) is 0 Å². The van der Waals surface area contributed by atoms with Gasteiger partial charge in [-0.05, 0) is 61.6 Å². The van der Waals surface area contributed by atoms with Crippen LogP contribution < -0.4 is 4.74 Å². The lowest BCUT2D eigenvalue weighted by Gasteiger charge is -2.34. The molecule has 3 atom stereocenters. The second kappa shape index (κ2) is 7.45. The lowest BCUT2D eigenvalue weighted by molar-refractivity contribution is 0.168. The van der Waals surface area contributed by atoms with Gasteiger partial charge in [-0.1, -0.05) is 18.2 Å². The van der Waals surface area contributed by atoms with E-state index in [1.54, 1.807) is 24.4 Å². The first-order valence-corrected chi connectivity index (χ1v) is 8.90. The van der Waals surface area contributed by atoms with Gasteiger partial charge in [-0.3, -0.25) is 0 Å². The van der Waals surface area contributed by atoms with Gasteiger partial charge >= 0.3 is 0 Å². The Bertz CT molecular complexity index is 880. The SMILES string of the molecule is C=C(C)C1CC(O)C(C)=CC1c1c(O)cc(-c2cccnc2OC)cc1O. The fourth-order valence-electron chi connectivity index (χ4n) is 3.77. The van der Waals surface area contributed by atoms with Crippen LogP contribution in [-0.4, -0.2) is 33.5 Å². The molecule has 3 N–H and O–H groups in total. The fraction of sp³-hybridized carbons (Fsp3) is 0.318. The molecule has 1 aromatic carbocycles. The lowest BCUT2D eigenvalue weighted by atomic mass is 9.72. The number of hydrogen-bond acceptors (Lipinski definition) is 5. The molecule has 0 saturated carbocycles. The van der Waals surface area contributed by atoms with E-state index in [2.05, 4.69) is 11.6 Å². The first kappa shape index (κ1) is 19.0. The average Bonchev–Trinajstić information content (AvgIpc) is 2.63. The number of phenols is 2. The Morgan fingerprint density at radius 2 is 1.93 bits per heavy atom. The van der Waals surface area contributed by atoms with E-state index in [0.717, 1.165) is 11.1 Å². The third-order valence-electron chi connectivity index (χ3n) is 5.26. The molecule has 1 aliphatic rings. The largest absolute Gasteiger partial charge is 0.507 e. The summed E-state index contributed by atoms with van der Waals surface area (Å²) in [6, 6.07) is 6.81. The third kappa shape index (κ3) is 3.55. The number of aliphatic hydroxyl groups excluding tert-OH is 1. The van der Waals surface area contributed by atoms with E-state index in [9.17, 15) is 15.3 Å². The number of aromatic nitrogens is 1. The molecule has 3 rings (SSSR count). The Morgan fingerprint density at radius 3 is 2.52 bits per heavy atom. The Kier molecular flexibility index (Phi) is 5.24. The topological polar surface area (TPSA) is 82.8 Å². The summed E-state index contributed by atoms with van der Waals surface area (Å²) in [6.45, 7) is 7.79. The molecule has 0 bridgehead atoms. The molecule has 0 saturated heterocycles. The zero-order valence-corrected chi connectivity index (χ0v) is 15.8. The molecule has 27 heavy (non-hydrogen) atoms. The molecule has 2 aromatic rings. The van der Waals surface area contributed by atoms with E-state index in [4.69, 9.17) is 4.74 Å². The van der Waals surface area contributed by atoms with Gasteiger partial charge in [-0.25, -0.2) is 4.98 Å². The van der Waals surface area contributed by atoms with Gasteiger partial charge in [0.15, 0.2) is 0 Å². The molecule has 142 valence electrons. The molecule has 0 amide bonds. The molecule has 0 radical (unpaired) electrons. The maximum absolute atomic E-state index is 10.8. The number of methoxy groups -OCH3 is 1. The number of aliphatic hydroxyl groups is 1. The summed E-state index contributed by atoms with van der Waals surface area (Å²) >= 11 is 0. The van der Waals surface area contributed by atoms with Gasteiger partial charge in [-0.2, -0.15) is 0 Å². The summed E-state index contributed by atoms with van der Waals surface area (Å²) < 4.78 is 5.28. The van der Waals surface area contributed by atoms with Crippen LogP contribution in [0.1, 0.15) is 31.7 Å². The maximum Gasteiger partial charge on any atom is 0.221 e. The van der Waals surface area contributed by atoms with E-state index in [-0.39, 0.29) is 23.3 Å². The van der Waals surface area contributed by atoms with Crippen molar-refractivity contribution < 1.29 is 20.1 Å². The van der Waals surface area contributed by atoms with Gasteiger partial charge in [-0.15, -0.1) is 0 Å². The van der Waals surface area contributed by atoms with Gasteiger partial charge in [0, 0.05) is 23.2 Å². The highest BCUT2D eigenvalue weighted by atomic mass is 16.5. The number of rotatable bonds is 4. The number of hydrogen-bond donors (Lipinski definition) is 3. The minimum Gasteiger partial charge on any atom is -0.507 e. The molecule has 0 aliphatic heterocycles. The second-order valence-corrected chi connectivity index (χ2v) is 7.13. The zero-order chi connectivity index (χ0) is 19.7. The Balaban J connectivity index is 2.11. The average molecular weight is 367 g/mol. The molecule has 5 heteroatoms. The number of benzene rings is 1. The number of allylic oxidation sites excluding steroid dienone is 2. The molecular weight excluding hydrogens is 342 g/mol. The summed E-state index contributed by atoms with van der Waals surface area (Å²) in [6.07, 6.45) is 3.51. The van der Waals surface area contributed by atoms with Crippen molar-refractivity contribution in [1.82, 2.24) is 4.98 Å². The van der Waals surface area contributed by atoms with E-state index < -0.39 is 6.10 Å². The fourth-order valence-corrected chi connectivity index (χ4v) is 3.77. The smallest absolute Gasteiger partial charge is 0.221 e. The quantitative estimate of drug-likeness (QED) is 0.707. The Hall–Kier alpha value is -2.79. The predicted molar refractivity (Wildman–Crippen MR) is 105 cm³/mol. The van der Waals surface area contributed by atoms with Crippen molar-refractivity contribution in [2.45, 2.75) is 32.3 Å². The number of nitrogens with zero attached hydrogens (tertiary/aromatic N) is 1. The normalized spacial score (nSPS) is 22.2. The van der Waals surface area contributed by atoms with Crippen molar-refractivity contribution in [3.63, 3.8) is 0 Å². The summed E-state index contributed by atoms with van der Waals surface area (Å²) in [5, 5.41) is 31.7. The molecule has 0 spiro atoms. The summed E-state index contributed by atoms with van der Waals surface area (Å²) in [7, 11) is 1.53. The number of pyridine rings is 1. The third-order valence-corrected chi connectivity index (χ3v) is 5.26. The Labute approximate surface area is 159 Å². The predicted octanol–water partition coefficient (Wildman–Crippen LogP) is 4.16. The van der Waals surface area contributed by atoms with Gasteiger partial charge in [0.2, 0.25) is 5.88 Å². The summed E-state index contributed by atoms with van der Waals surface area (Å²) in [4.78, 5) is 4.16. The van der Waals surface area contributed by atoms with Crippen LogP contribution in [0, 0.1) is 5.92 Å². The van der Waals surface area contributed by atoms with Crippen LogP contribution in [-0.2, 0) is 0 Å². The van der Waals surface area contributed by atoms with Gasteiger partial charge in [0.25, 0.3) is 0 Å². The first-order valence-electron chi connectivity index (χ1n) is 8.90. The minimum atomic E-state index is -0.536. The van der Waals surface area contributed by atoms with E-state index in [1.165, 1.54) is 7.11 Å². The number of aromatic hydroxyl groups is 2. The van der Waals surface area contributed by atoms with Crippen molar-refractivity contribution in [1.29, 1.82) is 0 Å². The zero-order valence-electron chi connectivity index (χ0n) is 15.8. The van der Waals surface area contributed by atoms with Gasteiger partial charge < -0.3 is 20.1 Å². The highest BCUT2D eigenvalue weighted by Crippen LogP contribution is 2.47. The monoisotopic (exact) mass is 367 g/mol. The second-order valence-electron chi connectivity index (χ2n) is 7.13. The van der Waals surface area contributed by atoms with Crippen molar-refractivity contribution in [3.05, 3.63) is 59.8 Å². The summed E-state index contributed by atoms with van der Waals surface area (Å²) in [5.41, 5.74) is 3.47. The molecule has 0 fully saturated rings. The highest BCUT2D eigenvalue weighted by Gasteiger charge is 2.33. The number of ether oxygens (including phenoxy) is 1. The Morgan fingerprint density at radius 1 is 1.26 bits per heavy atom. The van der Waals surface area contributed by atoms with Crippen molar-refractivity contribution in [2.24, 2.45) is 5.92 Å². The van der Waals surface area contributed by atoms with Crippen LogP contribution in [0.15, 0.2) is 54.3 Å². The van der Waals surface area contributed by atoms with E-state index >= 15 is 0 Å². The van der Waals surface area contributed by atoms with Gasteiger partial charge in [0.05, 0.1) is 13.2 Å². The van der Waals surface area contributed by atoms with Crippen molar-refractivity contribution in [2.75, 3.05) is 7.11 Å². The number of phenolic OH excluding ortho intramolecular Hbond substituents is 2. The lowest BCUT2D eigenvalue weighted by Crippen LogP contribution is -2.26. The van der Waals surface area contributed by atoms with Crippen molar-refractivity contribution >= 4 is 0 Å². The summed E-state index contributed by atoms with van der Waals surface area (Å²) in [5.74, 6) is 0.0793. The van der Waals surface area contributed by atoms with Crippen LogP contribution >= 0.6 is 0 Å². The van der Waals surface area contributed by atoms with Crippen LogP contribution in [0.4, 0.5) is 0 Å². The molecule has 3 unspecified atom stereocenters. The molecule has 1 aromatic heterocycles. The molecule has 1 heterocycles. The molecule has 5 nitrogen and oxygen atoms in total. The van der Waals surface area contributed by atoms with E-state index in [1.807, 2.05) is 26.0 Å². The molecule has 1 aliphatic carbocycles. The first-order chi connectivity index (χ1) is 12.8. The van der Waals surface area contributed by atoms with Crippen LogP contribution in [0.25, 0.3) is 11.1 Å². The van der Waals surface area contributed by atoms with E-state index in [0.29, 0.717) is 29.0 Å². The van der Waals surface area contributed by atoms with Crippen molar-refractivity contribution in [3.8, 4) is 28.5 Å². The standard InChI is InChI=1S/C22H25NO4/c1-12(2)16-11-18(24)13(3)8-17(16)21-19(25)9-14(10-20(21)26)15-6-5-7-23-22(15)27-4/h5-10,16-18,24-26H,1,11H2,2-4H3. The molecular formula is C22H25NO4. The van der Waals surface area contributed by atoms with Crippen LogP contribution in [0.2, 0.25) is 0 Å². The minimum absolute atomic E-state index is 0.00686.